The molecule has 5 heteroatoms. The van der Waals surface area contributed by atoms with Gasteiger partial charge in [0.15, 0.2) is 0 Å². The fourth-order valence-electron chi connectivity index (χ4n) is 3.54. The van der Waals surface area contributed by atoms with Crippen molar-refractivity contribution in [3.63, 3.8) is 0 Å². The van der Waals surface area contributed by atoms with Crippen LogP contribution in [-0.2, 0) is 15.7 Å². The molecule has 1 saturated carbocycles. The zero-order chi connectivity index (χ0) is 17.1. The zero-order valence-electron chi connectivity index (χ0n) is 14.8. The molecule has 0 unspecified atom stereocenters. The Morgan fingerprint density at radius 3 is 2.46 bits per heavy atom. The average molecular weight is 330 g/mol. The highest BCUT2D eigenvalue weighted by atomic mass is 19.1. The number of ether oxygens (including phenoxy) is 1. The molecule has 4 rings (SSSR count). The predicted octanol–water partition coefficient (Wildman–Crippen LogP) is 4.35. The highest BCUT2D eigenvalue weighted by Gasteiger charge is 2.54. The highest BCUT2D eigenvalue weighted by Crippen LogP contribution is 2.47. The molecule has 128 valence electrons. The normalized spacial score (nSPS) is 26.8. The van der Waals surface area contributed by atoms with E-state index in [1.54, 1.807) is 0 Å². The van der Waals surface area contributed by atoms with E-state index < -0.39 is 18.3 Å². The third-order valence-electron chi connectivity index (χ3n) is 5.97. The molecule has 2 aliphatic heterocycles. The van der Waals surface area contributed by atoms with Gasteiger partial charge in [-0.15, -0.1) is 0 Å². The molecule has 3 aliphatic rings. The molecular formula is C19H24BFO3. The molecule has 2 fully saturated rings. The lowest BCUT2D eigenvalue weighted by molar-refractivity contribution is 0.00578. The first-order valence-corrected chi connectivity index (χ1v) is 8.75. The van der Waals surface area contributed by atoms with Crippen molar-refractivity contribution in [2.75, 3.05) is 6.61 Å². The Labute approximate surface area is 143 Å². The van der Waals surface area contributed by atoms with Gasteiger partial charge in [0.05, 0.1) is 17.8 Å². The molecule has 1 saturated heterocycles. The molecule has 1 aromatic rings. The second-order valence-electron chi connectivity index (χ2n) is 8.11. The minimum Gasteiger partial charge on any atom is -0.493 e. The van der Waals surface area contributed by atoms with Gasteiger partial charge < -0.3 is 14.0 Å². The third kappa shape index (κ3) is 2.49. The first kappa shape index (κ1) is 16.2. The van der Waals surface area contributed by atoms with E-state index in [9.17, 15) is 4.39 Å². The van der Waals surface area contributed by atoms with Crippen LogP contribution < -0.4 is 4.74 Å². The number of fused-ring (bicyclic) bond motifs is 1. The summed E-state index contributed by atoms with van der Waals surface area (Å²) in [6.07, 6.45) is 2.46. The molecule has 0 aromatic heterocycles. The van der Waals surface area contributed by atoms with E-state index in [0.29, 0.717) is 5.92 Å². The van der Waals surface area contributed by atoms with Crippen LogP contribution >= 0.6 is 0 Å². The van der Waals surface area contributed by atoms with Crippen molar-refractivity contribution in [2.24, 2.45) is 0 Å². The van der Waals surface area contributed by atoms with Crippen LogP contribution in [0.15, 0.2) is 29.5 Å². The summed E-state index contributed by atoms with van der Waals surface area (Å²) in [6, 6.07) is 6.37. The van der Waals surface area contributed by atoms with Crippen LogP contribution in [0.1, 0.15) is 57.6 Å². The van der Waals surface area contributed by atoms with Gasteiger partial charge in [-0.3, -0.25) is 0 Å². The minimum atomic E-state index is -0.862. The van der Waals surface area contributed by atoms with Gasteiger partial charge in [-0.25, -0.2) is 4.39 Å². The highest BCUT2D eigenvalue weighted by molar-refractivity contribution is 6.53. The van der Waals surface area contributed by atoms with Crippen LogP contribution in [0.25, 0.3) is 0 Å². The number of hydrogen-bond donors (Lipinski definition) is 0. The van der Waals surface area contributed by atoms with Crippen LogP contribution in [0.4, 0.5) is 4.39 Å². The summed E-state index contributed by atoms with van der Waals surface area (Å²) in [4.78, 5) is 0. The fraction of sp³-hybridized carbons (Fsp3) is 0.579. The van der Waals surface area contributed by atoms with Crippen LogP contribution in [0.3, 0.4) is 0 Å². The number of rotatable bonds is 2. The molecular weight excluding hydrogens is 306 g/mol. The van der Waals surface area contributed by atoms with Crippen LogP contribution in [-0.4, -0.2) is 24.9 Å². The Bertz CT molecular complexity index is 687. The van der Waals surface area contributed by atoms with Crippen LogP contribution in [0.5, 0.6) is 5.75 Å². The number of halogens is 1. The molecule has 0 atom stereocenters. The maximum absolute atomic E-state index is 14.8. The van der Waals surface area contributed by atoms with Gasteiger partial charge in [0, 0.05) is 6.42 Å². The monoisotopic (exact) mass is 330 g/mol. The molecule has 1 aliphatic carbocycles. The second-order valence-corrected chi connectivity index (χ2v) is 8.11. The van der Waals surface area contributed by atoms with Crippen molar-refractivity contribution < 1.29 is 18.4 Å². The Morgan fingerprint density at radius 1 is 1.12 bits per heavy atom. The summed E-state index contributed by atoms with van der Waals surface area (Å²) >= 11 is 0. The van der Waals surface area contributed by atoms with Crippen molar-refractivity contribution >= 4 is 7.12 Å². The fourth-order valence-corrected chi connectivity index (χ4v) is 3.54. The van der Waals surface area contributed by atoms with E-state index in [1.807, 2.05) is 33.8 Å². The van der Waals surface area contributed by atoms with Gasteiger partial charge >= 0.3 is 7.12 Å². The Kier molecular flexibility index (Phi) is 3.59. The predicted molar refractivity (Wildman–Crippen MR) is 91.8 cm³/mol. The van der Waals surface area contributed by atoms with Gasteiger partial charge in [0.1, 0.15) is 11.5 Å². The van der Waals surface area contributed by atoms with E-state index in [-0.39, 0.29) is 5.73 Å². The van der Waals surface area contributed by atoms with Crippen molar-refractivity contribution in [1.29, 1.82) is 0 Å². The first-order valence-electron chi connectivity index (χ1n) is 8.75. The van der Waals surface area contributed by atoms with Crippen molar-refractivity contribution in [1.82, 2.24) is 0 Å². The second kappa shape index (κ2) is 5.33. The number of benzene rings is 1. The SMILES string of the molecule is CC1(C)OB(C(F)=C2CC(c3ccc4c(c3)CCO4)C2)OC1(C)C. The van der Waals surface area contributed by atoms with E-state index in [2.05, 4.69) is 12.1 Å². The van der Waals surface area contributed by atoms with Gasteiger partial charge in [0.25, 0.3) is 0 Å². The maximum atomic E-state index is 14.8. The van der Waals surface area contributed by atoms with Crippen LogP contribution in [0, 0.1) is 0 Å². The van der Waals surface area contributed by atoms with Gasteiger partial charge in [0.2, 0.25) is 0 Å². The molecule has 0 amide bonds. The summed E-state index contributed by atoms with van der Waals surface area (Å²) in [5.41, 5.74) is 2.16. The lowest BCUT2D eigenvalue weighted by Crippen LogP contribution is -2.41. The summed E-state index contributed by atoms with van der Waals surface area (Å²) in [5, 5.41) is 0. The Hall–Kier alpha value is -1.33. The van der Waals surface area contributed by atoms with Crippen molar-refractivity contribution in [3.05, 3.63) is 40.6 Å². The standard InChI is InChI=1S/C19H24BFO3/c1-18(2)19(3,4)24-20(23-18)17(21)15-10-14(11-15)12-5-6-16-13(9-12)7-8-22-16/h5-6,9,14H,7-8,10-11H2,1-4H3. The van der Waals surface area contributed by atoms with Crippen molar-refractivity contribution in [2.45, 2.75) is 64.1 Å². The smallest absolute Gasteiger partial charge is 0.493 e. The molecule has 1 aromatic carbocycles. The summed E-state index contributed by atoms with van der Waals surface area (Å²) in [7, 11) is -0.862. The molecule has 2 heterocycles. The first-order chi connectivity index (χ1) is 11.3. The zero-order valence-corrected chi connectivity index (χ0v) is 14.8. The van der Waals surface area contributed by atoms with E-state index in [4.69, 9.17) is 14.0 Å². The summed E-state index contributed by atoms with van der Waals surface area (Å²) < 4.78 is 31.9. The van der Waals surface area contributed by atoms with E-state index in [0.717, 1.165) is 37.2 Å². The van der Waals surface area contributed by atoms with Crippen molar-refractivity contribution in [3.8, 4) is 5.75 Å². The summed E-state index contributed by atoms with van der Waals surface area (Å²) in [6.45, 7) is 8.55. The van der Waals surface area contributed by atoms with Crippen LogP contribution in [0.2, 0.25) is 0 Å². The largest absolute Gasteiger partial charge is 0.525 e. The molecule has 0 bridgehead atoms. The number of hydrogen-bond acceptors (Lipinski definition) is 3. The molecule has 0 N–H and O–H groups in total. The topological polar surface area (TPSA) is 27.7 Å². The quantitative estimate of drug-likeness (QED) is 0.755. The summed E-state index contributed by atoms with van der Waals surface area (Å²) in [5.74, 6) is 1.39. The number of allylic oxidation sites excluding steroid dienone is 1. The van der Waals surface area contributed by atoms with E-state index in [1.165, 1.54) is 11.1 Å². The molecule has 0 radical (unpaired) electrons. The van der Waals surface area contributed by atoms with Gasteiger partial charge in [-0.1, -0.05) is 12.1 Å². The molecule has 24 heavy (non-hydrogen) atoms. The Balaban J connectivity index is 1.46. The van der Waals surface area contributed by atoms with Gasteiger partial charge in [-0.05, 0) is 69.2 Å². The lowest BCUT2D eigenvalue weighted by atomic mass is 9.70. The molecule has 3 nitrogen and oxygen atoms in total. The minimum absolute atomic E-state index is 0.227. The lowest BCUT2D eigenvalue weighted by Gasteiger charge is -2.32. The Morgan fingerprint density at radius 2 is 1.79 bits per heavy atom. The third-order valence-corrected chi connectivity index (χ3v) is 5.97. The molecule has 0 spiro atoms. The van der Waals surface area contributed by atoms with E-state index >= 15 is 0 Å². The average Bonchev–Trinajstić information content (AvgIpc) is 2.99. The maximum Gasteiger partial charge on any atom is 0.525 e. The van der Waals surface area contributed by atoms with Gasteiger partial charge in [-0.2, -0.15) is 0 Å².